The number of fused-ring (bicyclic) bond motifs is 1. The quantitative estimate of drug-likeness (QED) is 0.549. The van der Waals surface area contributed by atoms with E-state index in [-0.39, 0.29) is 5.82 Å². The molecule has 0 amide bonds. The molecule has 1 aliphatic rings. The van der Waals surface area contributed by atoms with Crippen LogP contribution in [0.2, 0.25) is 0 Å². The molecule has 1 aromatic carbocycles. The second kappa shape index (κ2) is 2.74. The first kappa shape index (κ1) is 7.53. The van der Waals surface area contributed by atoms with Crippen molar-refractivity contribution in [3.05, 3.63) is 41.2 Å². The van der Waals surface area contributed by atoms with Gasteiger partial charge in [-0.25, -0.2) is 4.39 Å². The molecule has 1 heteroatoms. The SMILES string of the molecule is CC1=CCCc2cc(F)ccc21. The van der Waals surface area contributed by atoms with E-state index in [1.54, 1.807) is 6.07 Å². The number of aryl methyl sites for hydroxylation is 1. The summed E-state index contributed by atoms with van der Waals surface area (Å²) in [6, 6.07) is 5.04. The van der Waals surface area contributed by atoms with Crippen LogP contribution in [0.15, 0.2) is 24.3 Å². The minimum absolute atomic E-state index is 0.122. The van der Waals surface area contributed by atoms with Gasteiger partial charge in [-0.3, -0.25) is 0 Å². The maximum atomic E-state index is 12.8. The number of halogens is 1. The third-order valence-corrected chi connectivity index (χ3v) is 2.36. The maximum Gasteiger partial charge on any atom is 0.123 e. The van der Waals surface area contributed by atoms with Gasteiger partial charge in [-0.2, -0.15) is 0 Å². The Hall–Kier alpha value is -1.11. The Labute approximate surface area is 71.7 Å². The van der Waals surface area contributed by atoms with Crippen molar-refractivity contribution in [3.8, 4) is 0 Å². The average molecular weight is 162 g/mol. The van der Waals surface area contributed by atoms with Crippen LogP contribution in [0.25, 0.3) is 5.57 Å². The molecule has 0 aromatic heterocycles. The highest BCUT2D eigenvalue weighted by Crippen LogP contribution is 2.26. The van der Waals surface area contributed by atoms with E-state index < -0.39 is 0 Å². The third-order valence-electron chi connectivity index (χ3n) is 2.36. The van der Waals surface area contributed by atoms with Crippen molar-refractivity contribution in [2.75, 3.05) is 0 Å². The number of allylic oxidation sites excluding steroid dienone is 2. The van der Waals surface area contributed by atoms with Crippen LogP contribution in [0.3, 0.4) is 0 Å². The van der Waals surface area contributed by atoms with E-state index in [0.29, 0.717) is 0 Å². The van der Waals surface area contributed by atoms with E-state index in [1.165, 1.54) is 17.2 Å². The first-order valence-corrected chi connectivity index (χ1v) is 4.23. The minimum atomic E-state index is -0.122. The fraction of sp³-hybridized carbons (Fsp3) is 0.273. The number of benzene rings is 1. The lowest BCUT2D eigenvalue weighted by Gasteiger charge is -2.14. The second-order valence-electron chi connectivity index (χ2n) is 3.23. The molecule has 0 atom stereocenters. The van der Waals surface area contributed by atoms with Crippen LogP contribution in [0.1, 0.15) is 24.5 Å². The summed E-state index contributed by atoms with van der Waals surface area (Å²) in [5, 5.41) is 0. The largest absolute Gasteiger partial charge is 0.207 e. The van der Waals surface area contributed by atoms with Crippen LogP contribution >= 0.6 is 0 Å². The highest BCUT2D eigenvalue weighted by molar-refractivity contribution is 5.68. The molecule has 0 saturated heterocycles. The van der Waals surface area contributed by atoms with E-state index in [4.69, 9.17) is 0 Å². The molecule has 0 heterocycles. The first-order valence-electron chi connectivity index (χ1n) is 4.23. The lowest BCUT2D eigenvalue weighted by atomic mass is 9.92. The van der Waals surface area contributed by atoms with Gasteiger partial charge in [-0.15, -0.1) is 0 Å². The normalized spacial score (nSPS) is 15.3. The molecule has 12 heavy (non-hydrogen) atoms. The van der Waals surface area contributed by atoms with Crippen molar-refractivity contribution >= 4 is 5.57 Å². The summed E-state index contributed by atoms with van der Waals surface area (Å²) in [7, 11) is 0. The predicted octanol–water partition coefficient (Wildman–Crippen LogP) is 3.18. The van der Waals surface area contributed by atoms with Crippen LogP contribution < -0.4 is 0 Å². The van der Waals surface area contributed by atoms with Crippen LogP contribution in [0, 0.1) is 5.82 Å². The number of rotatable bonds is 0. The maximum absolute atomic E-state index is 12.8. The van der Waals surface area contributed by atoms with E-state index in [2.05, 4.69) is 13.0 Å². The zero-order valence-corrected chi connectivity index (χ0v) is 7.10. The fourth-order valence-electron chi connectivity index (χ4n) is 1.71. The summed E-state index contributed by atoms with van der Waals surface area (Å²) in [6.07, 6.45) is 4.23. The first-order chi connectivity index (χ1) is 5.77. The van der Waals surface area contributed by atoms with Crippen LogP contribution in [0.5, 0.6) is 0 Å². The van der Waals surface area contributed by atoms with Crippen molar-refractivity contribution in [1.29, 1.82) is 0 Å². The Balaban J connectivity index is 2.56. The standard InChI is InChI=1S/C11H11F/c1-8-3-2-4-9-7-10(12)5-6-11(8)9/h3,5-7H,2,4H2,1H3. The van der Waals surface area contributed by atoms with Gasteiger partial charge in [0, 0.05) is 0 Å². The number of hydrogen-bond acceptors (Lipinski definition) is 0. The molecule has 1 aliphatic carbocycles. The minimum Gasteiger partial charge on any atom is -0.207 e. The van der Waals surface area contributed by atoms with E-state index in [9.17, 15) is 4.39 Å². The Morgan fingerprint density at radius 1 is 1.33 bits per heavy atom. The van der Waals surface area contributed by atoms with Gasteiger partial charge in [-0.1, -0.05) is 12.1 Å². The Morgan fingerprint density at radius 3 is 3.00 bits per heavy atom. The summed E-state index contributed by atoms with van der Waals surface area (Å²) in [5.74, 6) is -0.122. The van der Waals surface area contributed by atoms with E-state index in [1.807, 2.05) is 6.07 Å². The molecule has 0 saturated carbocycles. The molecule has 0 radical (unpaired) electrons. The van der Waals surface area contributed by atoms with Crippen LogP contribution in [0.4, 0.5) is 4.39 Å². The zero-order valence-electron chi connectivity index (χ0n) is 7.10. The van der Waals surface area contributed by atoms with Crippen molar-refractivity contribution in [1.82, 2.24) is 0 Å². The van der Waals surface area contributed by atoms with Crippen LogP contribution in [-0.2, 0) is 6.42 Å². The van der Waals surface area contributed by atoms with Crippen LogP contribution in [-0.4, -0.2) is 0 Å². The molecule has 0 unspecified atom stereocenters. The summed E-state index contributed by atoms with van der Waals surface area (Å²) in [6.45, 7) is 2.08. The second-order valence-corrected chi connectivity index (χ2v) is 3.23. The molecule has 1 aromatic rings. The highest BCUT2D eigenvalue weighted by Gasteiger charge is 2.08. The summed E-state index contributed by atoms with van der Waals surface area (Å²) in [4.78, 5) is 0. The lowest BCUT2D eigenvalue weighted by molar-refractivity contribution is 0.624. The Morgan fingerprint density at radius 2 is 2.17 bits per heavy atom. The van der Waals surface area contributed by atoms with Gasteiger partial charge in [0.05, 0.1) is 0 Å². The predicted molar refractivity (Wildman–Crippen MR) is 48.4 cm³/mol. The molecule has 0 spiro atoms. The third kappa shape index (κ3) is 1.15. The van der Waals surface area contributed by atoms with Gasteiger partial charge in [0.15, 0.2) is 0 Å². The number of hydrogen-bond donors (Lipinski definition) is 0. The van der Waals surface area contributed by atoms with Gasteiger partial charge in [0.1, 0.15) is 5.82 Å². The van der Waals surface area contributed by atoms with E-state index >= 15 is 0 Å². The molecule has 0 aliphatic heterocycles. The van der Waals surface area contributed by atoms with Gasteiger partial charge < -0.3 is 0 Å². The summed E-state index contributed by atoms with van der Waals surface area (Å²) < 4.78 is 12.8. The fourth-order valence-corrected chi connectivity index (χ4v) is 1.71. The molecule has 0 N–H and O–H groups in total. The Bertz CT molecular complexity index is 337. The van der Waals surface area contributed by atoms with Gasteiger partial charge in [0.25, 0.3) is 0 Å². The van der Waals surface area contributed by atoms with Gasteiger partial charge in [-0.05, 0) is 48.6 Å². The molecule has 2 rings (SSSR count). The lowest BCUT2D eigenvalue weighted by Crippen LogP contribution is -1.98. The van der Waals surface area contributed by atoms with Crippen molar-refractivity contribution in [3.63, 3.8) is 0 Å². The molecule has 0 nitrogen and oxygen atoms in total. The van der Waals surface area contributed by atoms with Crippen molar-refractivity contribution in [2.45, 2.75) is 19.8 Å². The molecule has 62 valence electrons. The topological polar surface area (TPSA) is 0 Å². The molecule has 0 fully saturated rings. The monoisotopic (exact) mass is 162 g/mol. The smallest absolute Gasteiger partial charge is 0.123 e. The summed E-state index contributed by atoms with van der Waals surface area (Å²) >= 11 is 0. The van der Waals surface area contributed by atoms with Crippen molar-refractivity contribution < 1.29 is 4.39 Å². The highest BCUT2D eigenvalue weighted by atomic mass is 19.1. The van der Waals surface area contributed by atoms with E-state index in [0.717, 1.165) is 18.4 Å². The molecular weight excluding hydrogens is 151 g/mol. The average Bonchev–Trinajstić information content (AvgIpc) is 2.04. The van der Waals surface area contributed by atoms with Gasteiger partial charge >= 0.3 is 0 Å². The Kier molecular flexibility index (Phi) is 1.72. The zero-order chi connectivity index (χ0) is 8.55. The molecular formula is C11H11F. The summed E-state index contributed by atoms with van der Waals surface area (Å²) in [5.41, 5.74) is 3.63. The molecule has 0 bridgehead atoms. The van der Waals surface area contributed by atoms with Gasteiger partial charge in [0.2, 0.25) is 0 Å². The van der Waals surface area contributed by atoms with Crippen molar-refractivity contribution in [2.24, 2.45) is 0 Å².